The van der Waals surface area contributed by atoms with E-state index in [0.717, 1.165) is 17.8 Å². The number of hydrogen-bond acceptors (Lipinski definition) is 6. The van der Waals surface area contributed by atoms with Gasteiger partial charge in [-0.05, 0) is 23.9 Å². The quantitative estimate of drug-likeness (QED) is 0.658. The summed E-state index contributed by atoms with van der Waals surface area (Å²) < 4.78 is 1.64. The number of nitrogens with zero attached hydrogens (tertiary/aromatic N) is 4. The molecule has 1 aromatic heterocycles. The van der Waals surface area contributed by atoms with E-state index in [0.29, 0.717) is 10.1 Å². The number of nitrogens with two attached hydrogens (primary N) is 1. The Kier molecular flexibility index (Phi) is 3.47. The number of rotatable bonds is 4. The van der Waals surface area contributed by atoms with Gasteiger partial charge in [-0.3, -0.25) is 14.9 Å². The molecular formula is C10H9N5O3S. The number of carbonyl (C=O) groups excluding carboxylic acids is 1. The van der Waals surface area contributed by atoms with Crippen molar-refractivity contribution in [1.29, 1.82) is 0 Å². The standard InChI is InChI=1S/C10H9N5O3S/c1-14-5-12-13-10(14)19-8-3-2-6(9(11)16)4-7(8)15(17)18/h2-5H,1H3,(H2,11,16). The van der Waals surface area contributed by atoms with Crippen LogP contribution >= 0.6 is 11.8 Å². The third kappa shape index (κ3) is 2.71. The highest BCUT2D eigenvalue weighted by atomic mass is 32.2. The molecule has 2 rings (SSSR count). The van der Waals surface area contributed by atoms with Crippen LogP contribution in [0.3, 0.4) is 0 Å². The molecule has 8 nitrogen and oxygen atoms in total. The van der Waals surface area contributed by atoms with Crippen molar-refractivity contribution in [3.05, 3.63) is 40.2 Å². The van der Waals surface area contributed by atoms with Gasteiger partial charge in [0, 0.05) is 18.7 Å². The van der Waals surface area contributed by atoms with E-state index < -0.39 is 10.8 Å². The Morgan fingerprint density at radius 1 is 1.53 bits per heavy atom. The van der Waals surface area contributed by atoms with Crippen molar-refractivity contribution in [2.75, 3.05) is 0 Å². The molecule has 0 fully saturated rings. The molecule has 0 aliphatic rings. The number of aromatic nitrogens is 3. The van der Waals surface area contributed by atoms with Crippen LogP contribution in [0.4, 0.5) is 5.69 Å². The lowest BCUT2D eigenvalue weighted by Crippen LogP contribution is -2.11. The highest BCUT2D eigenvalue weighted by molar-refractivity contribution is 7.99. The van der Waals surface area contributed by atoms with Crippen molar-refractivity contribution in [3.63, 3.8) is 0 Å². The average molecular weight is 279 g/mol. The van der Waals surface area contributed by atoms with Gasteiger partial charge in [0.15, 0.2) is 5.16 Å². The Morgan fingerprint density at radius 3 is 2.79 bits per heavy atom. The SMILES string of the molecule is Cn1cnnc1Sc1ccc(C(N)=O)cc1[N+](=O)[O-]. The van der Waals surface area contributed by atoms with Gasteiger partial charge in [-0.1, -0.05) is 0 Å². The van der Waals surface area contributed by atoms with Crippen LogP contribution in [0.5, 0.6) is 0 Å². The summed E-state index contributed by atoms with van der Waals surface area (Å²) >= 11 is 1.09. The first-order chi connectivity index (χ1) is 8.99. The Hall–Kier alpha value is -2.42. The molecule has 2 N–H and O–H groups in total. The van der Waals surface area contributed by atoms with Crippen molar-refractivity contribution < 1.29 is 9.72 Å². The van der Waals surface area contributed by atoms with Crippen molar-refractivity contribution >= 4 is 23.4 Å². The fourth-order valence-electron chi connectivity index (χ4n) is 1.36. The molecule has 0 atom stereocenters. The maximum atomic E-state index is 11.0. The topological polar surface area (TPSA) is 117 Å². The minimum Gasteiger partial charge on any atom is -0.366 e. The molecule has 0 aliphatic carbocycles. The number of aryl methyl sites for hydroxylation is 1. The molecule has 0 saturated heterocycles. The maximum Gasteiger partial charge on any atom is 0.284 e. The second-order valence-corrected chi connectivity index (χ2v) is 4.64. The van der Waals surface area contributed by atoms with Gasteiger partial charge < -0.3 is 10.3 Å². The Morgan fingerprint density at radius 2 is 2.26 bits per heavy atom. The molecule has 98 valence electrons. The fraction of sp³-hybridized carbons (Fsp3) is 0.100. The molecule has 1 aromatic carbocycles. The zero-order valence-electron chi connectivity index (χ0n) is 9.81. The summed E-state index contributed by atoms with van der Waals surface area (Å²) in [6.45, 7) is 0. The van der Waals surface area contributed by atoms with E-state index in [1.807, 2.05) is 0 Å². The highest BCUT2D eigenvalue weighted by Crippen LogP contribution is 2.33. The van der Waals surface area contributed by atoms with E-state index in [2.05, 4.69) is 10.2 Å². The number of nitro benzene ring substituents is 1. The van der Waals surface area contributed by atoms with Crippen LogP contribution in [0, 0.1) is 10.1 Å². The smallest absolute Gasteiger partial charge is 0.284 e. The number of benzene rings is 1. The largest absolute Gasteiger partial charge is 0.366 e. The Labute approximate surface area is 111 Å². The summed E-state index contributed by atoms with van der Waals surface area (Å²) in [5.41, 5.74) is 5.00. The van der Waals surface area contributed by atoms with E-state index in [4.69, 9.17) is 5.73 Å². The molecule has 0 spiro atoms. The molecule has 0 saturated carbocycles. The van der Waals surface area contributed by atoms with Crippen LogP contribution < -0.4 is 5.73 Å². The van der Waals surface area contributed by atoms with Crippen LogP contribution in [-0.2, 0) is 7.05 Å². The van der Waals surface area contributed by atoms with Gasteiger partial charge in [0.05, 0.1) is 9.82 Å². The molecule has 19 heavy (non-hydrogen) atoms. The average Bonchev–Trinajstić information content (AvgIpc) is 2.75. The number of hydrogen-bond donors (Lipinski definition) is 1. The van der Waals surface area contributed by atoms with Crippen LogP contribution in [0.2, 0.25) is 0 Å². The van der Waals surface area contributed by atoms with Crippen molar-refractivity contribution in [2.45, 2.75) is 10.1 Å². The number of amides is 1. The van der Waals surface area contributed by atoms with E-state index in [1.165, 1.54) is 18.5 Å². The minimum atomic E-state index is -0.710. The Bertz CT molecular complexity index is 654. The van der Waals surface area contributed by atoms with Crippen molar-refractivity contribution in [1.82, 2.24) is 14.8 Å². The molecular weight excluding hydrogens is 270 g/mol. The van der Waals surface area contributed by atoms with Crippen LogP contribution in [0.15, 0.2) is 34.6 Å². The zero-order chi connectivity index (χ0) is 14.0. The predicted octanol–water partition coefficient (Wildman–Crippen LogP) is 0.973. The normalized spacial score (nSPS) is 10.4. The van der Waals surface area contributed by atoms with Gasteiger partial charge in [-0.25, -0.2) is 0 Å². The Balaban J connectivity index is 2.43. The van der Waals surface area contributed by atoms with E-state index in [1.54, 1.807) is 11.6 Å². The summed E-state index contributed by atoms with van der Waals surface area (Å²) in [5, 5.41) is 19.0. The predicted molar refractivity (Wildman–Crippen MR) is 66.7 cm³/mol. The first-order valence-electron chi connectivity index (χ1n) is 5.09. The van der Waals surface area contributed by atoms with E-state index >= 15 is 0 Å². The van der Waals surface area contributed by atoms with Gasteiger partial charge in [-0.2, -0.15) is 0 Å². The fourth-order valence-corrected chi connectivity index (χ4v) is 2.21. The second kappa shape index (κ2) is 5.06. The molecule has 0 radical (unpaired) electrons. The number of carbonyl (C=O) groups is 1. The summed E-state index contributed by atoms with van der Waals surface area (Å²) in [6.07, 6.45) is 1.49. The third-order valence-corrected chi connectivity index (χ3v) is 3.43. The van der Waals surface area contributed by atoms with Gasteiger partial charge >= 0.3 is 0 Å². The van der Waals surface area contributed by atoms with Gasteiger partial charge in [0.1, 0.15) is 6.33 Å². The van der Waals surface area contributed by atoms with Gasteiger partial charge in [0.25, 0.3) is 5.69 Å². The second-order valence-electron chi connectivity index (χ2n) is 3.63. The molecule has 1 heterocycles. The van der Waals surface area contributed by atoms with Crippen LogP contribution in [0.1, 0.15) is 10.4 Å². The first-order valence-corrected chi connectivity index (χ1v) is 5.91. The molecule has 2 aromatic rings. The summed E-state index contributed by atoms with van der Waals surface area (Å²) in [6, 6.07) is 4.06. The van der Waals surface area contributed by atoms with Gasteiger partial charge in [0.2, 0.25) is 5.91 Å². The molecule has 0 bridgehead atoms. The number of primary amides is 1. The van der Waals surface area contributed by atoms with E-state index in [9.17, 15) is 14.9 Å². The molecule has 9 heteroatoms. The van der Waals surface area contributed by atoms with Crippen LogP contribution in [-0.4, -0.2) is 25.6 Å². The molecule has 0 unspecified atom stereocenters. The van der Waals surface area contributed by atoms with Gasteiger partial charge in [-0.15, -0.1) is 10.2 Å². The lowest BCUT2D eigenvalue weighted by Gasteiger charge is -2.03. The number of nitro groups is 1. The first kappa shape index (κ1) is 13.0. The summed E-state index contributed by atoms with van der Waals surface area (Å²) in [4.78, 5) is 21.8. The lowest BCUT2D eigenvalue weighted by molar-refractivity contribution is -0.387. The third-order valence-electron chi connectivity index (χ3n) is 2.31. The highest BCUT2D eigenvalue weighted by Gasteiger charge is 2.19. The minimum absolute atomic E-state index is 0.0917. The van der Waals surface area contributed by atoms with Crippen molar-refractivity contribution in [2.24, 2.45) is 12.8 Å². The lowest BCUT2D eigenvalue weighted by atomic mass is 10.2. The summed E-state index contributed by atoms with van der Waals surface area (Å²) in [7, 11) is 1.73. The summed E-state index contributed by atoms with van der Waals surface area (Å²) in [5.74, 6) is -0.710. The zero-order valence-corrected chi connectivity index (χ0v) is 10.6. The van der Waals surface area contributed by atoms with Crippen molar-refractivity contribution in [3.8, 4) is 0 Å². The van der Waals surface area contributed by atoms with Crippen LogP contribution in [0.25, 0.3) is 0 Å². The molecule has 1 amide bonds. The van der Waals surface area contributed by atoms with E-state index in [-0.39, 0.29) is 11.3 Å². The molecule has 0 aliphatic heterocycles. The maximum absolute atomic E-state index is 11.0. The monoisotopic (exact) mass is 279 g/mol.